The van der Waals surface area contributed by atoms with E-state index in [1.165, 1.54) is 14.3 Å². The molecule has 0 bridgehead atoms. The van der Waals surface area contributed by atoms with Gasteiger partial charge in [0.05, 0.1) is 0 Å². The first-order valence-corrected chi connectivity index (χ1v) is 4.50. The van der Waals surface area contributed by atoms with Gasteiger partial charge in [-0.15, -0.1) is 0 Å². The van der Waals surface area contributed by atoms with Crippen LogP contribution in [0, 0.1) is 9.64 Å². The van der Waals surface area contributed by atoms with Gasteiger partial charge in [-0.3, -0.25) is 0 Å². The Kier molecular flexibility index (Phi) is 1.82. The van der Waals surface area contributed by atoms with Crippen LogP contribution in [-0.2, 0) is 0 Å². The van der Waals surface area contributed by atoms with Gasteiger partial charge in [0.25, 0.3) is 0 Å². The van der Waals surface area contributed by atoms with Crippen molar-refractivity contribution in [3.63, 3.8) is 0 Å². The summed E-state index contributed by atoms with van der Waals surface area (Å²) in [6, 6.07) is 15.6. The monoisotopic (exact) mass is 253 g/mol. The molecule has 0 saturated heterocycles. The summed E-state index contributed by atoms with van der Waals surface area (Å²) in [4.78, 5) is 0. The van der Waals surface area contributed by atoms with Crippen molar-refractivity contribution in [2.45, 2.75) is 0 Å². The van der Waals surface area contributed by atoms with E-state index in [-0.39, 0.29) is 0 Å². The molecule has 0 unspecified atom stereocenters. The third kappa shape index (κ3) is 1.38. The Morgan fingerprint density at radius 2 is 2.00 bits per heavy atom. The molecule has 0 aliphatic carbocycles. The zero-order valence-corrected chi connectivity index (χ0v) is 8.00. The quantitative estimate of drug-likeness (QED) is 0.632. The van der Waals surface area contributed by atoms with Gasteiger partial charge in [0.2, 0.25) is 0 Å². The summed E-state index contributed by atoms with van der Waals surface area (Å²) in [5.41, 5.74) is 0. The van der Waals surface area contributed by atoms with Crippen LogP contribution in [0.4, 0.5) is 0 Å². The van der Waals surface area contributed by atoms with E-state index < -0.39 is 0 Å². The van der Waals surface area contributed by atoms with Crippen LogP contribution in [0.3, 0.4) is 0 Å². The highest BCUT2D eigenvalue weighted by molar-refractivity contribution is 14.1. The fraction of sp³-hybridized carbons (Fsp3) is 0. The Bertz CT molecular complexity index is 379. The molecule has 0 aliphatic heterocycles. The molecule has 1 radical (unpaired) electrons. The third-order valence-corrected chi connectivity index (χ3v) is 2.24. The summed E-state index contributed by atoms with van der Waals surface area (Å²) in [6.45, 7) is 0. The summed E-state index contributed by atoms with van der Waals surface area (Å²) < 4.78 is 1.24. The molecular formula is C10H6I. The van der Waals surface area contributed by atoms with E-state index in [9.17, 15) is 0 Å². The molecule has 0 atom stereocenters. The second kappa shape index (κ2) is 2.81. The number of halogens is 1. The second-order valence-electron chi connectivity index (χ2n) is 2.41. The van der Waals surface area contributed by atoms with E-state index in [0.29, 0.717) is 0 Å². The Balaban J connectivity index is 2.83. The Labute approximate surface area is 79.4 Å². The molecule has 2 rings (SSSR count). The van der Waals surface area contributed by atoms with Crippen LogP contribution in [0.25, 0.3) is 10.8 Å². The Hall–Kier alpha value is -0.570. The van der Waals surface area contributed by atoms with Crippen molar-refractivity contribution in [2.75, 3.05) is 0 Å². The van der Waals surface area contributed by atoms with Crippen LogP contribution < -0.4 is 0 Å². The summed E-state index contributed by atoms with van der Waals surface area (Å²) in [6.07, 6.45) is 0. The lowest BCUT2D eigenvalue weighted by Gasteiger charge is -1.95. The van der Waals surface area contributed by atoms with Crippen molar-refractivity contribution in [2.24, 2.45) is 0 Å². The normalized spacial score (nSPS) is 10.3. The van der Waals surface area contributed by atoms with Crippen molar-refractivity contribution in [3.8, 4) is 0 Å². The van der Waals surface area contributed by atoms with Crippen LogP contribution in [-0.4, -0.2) is 0 Å². The van der Waals surface area contributed by atoms with E-state index in [4.69, 9.17) is 0 Å². The van der Waals surface area contributed by atoms with Gasteiger partial charge in [-0.05, 0) is 51.6 Å². The van der Waals surface area contributed by atoms with E-state index in [1.807, 2.05) is 18.2 Å². The maximum atomic E-state index is 3.21. The first-order chi connectivity index (χ1) is 5.36. The molecule has 0 amide bonds. The molecule has 2 aromatic rings. The maximum absolute atomic E-state index is 3.21. The molecule has 0 aliphatic rings. The van der Waals surface area contributed by atoms with Gasteiger partial charge in [0.15, 0.2) is 0 Å². The highest BCUT2D eigenvalue weighted by Gasteiger charge is 1.91. The van der Waals surface area contributed by atoms with Crippen LogP contribution in [0.1, 0.15) is 0 Å². The van der Waals surface area contributed by atoms with Crippen molar-refractivity contribution in [3.05, 3.63) is 46.0 Å². The van der Waals surface area contributed by atoms with Crippen LogP contribution in [0.15, 0.2) is 36.4 Å². The lowest BCUT2D eigenvalue weighted by atomic mass is 10.1. The maximum Gasteiger partial charge on any atom is 0.0142 e. The standard InChI is InChI=1S/C10H6I/c11-10-6-5-8-3-1-2-4-9(8)7-10/h1-4,6-7H. The van der Waals surface area contributed by atoms with Gasteiger partial charge >= 0.3 is 0 Å². The molecule has 0 nitrogen and oxygen atoms in total. The van der Waals surface area contributed by atoms with Crippen LogP contribution in [0.2, 0.25) is 0 Å². The minimum atomic E-state index is 1.19. The zero-order valence-electron chi connectivity index (χ0n) is 5.84. The van der Waals surface area contributed by atoms with Crippen molar-refractivity contribution >= 4 is 33.4 Å². The lowest BCUT2D eigenvalue weighted by Crippen LogP contribution is -1.73. The van der Waals surface area contributed by atoms with E-state index >= 15 is 0 Å². The molecule has 53 valence electrons. The highest BCUT2D eigenvalue weighted by atomic mass is 127. The van der Waals surface area contributed by atoms with Gasteiger partial charge in [0.1, 0.15) is 0 Å². The Morgan fingerprint density at radius 1 is 1.18 bits per heavy atom. The topological polar surface area (TPSA) is 0 Å². The van der Waals surface area contributed by atoms with Gasteiger partial charge in [0, 0.05) is 3.57 Å². The first-order valence-electron chi connectivity index (χ1n) is 3.42. The fourth-order valence-electron chi connectivity index (χ4n) is 1.09. The summed E-state index contributed by atoms with van der Waals surface area (Å²) in [7, 11) is 0. The van der Waals surface area contributed by atoms with Crippen molar-refractivity contribution in [1.82, 2.24) is 0 Å². The average molecular weight is 253 g/mol. The zero-order chi connectivity index (χ0) is 7.68. The van der Waals surface area contributed by atoms with Gasteiger partial charge in [-0.1, -0.05) is 24.3 Å². The second-order valence-corrected chi connectivity index (χ2v) is 3.65. The Morgan fingerprint density at radius 3 is 2.91 bits per heavy atom. The third-order valence-electron chi connectivity index (χ3n) is 1.62. The molecule has 1 heteroatoms. The predicted molar refractivity (Wildman–Crippen MR) is 55.5 cm³/mol. The SMILES string of the molecule is Ic1c[c]c2ccccc2c1. The number of hydrogen-bond acceptors (Lipinski definition) is 0. The number of benzene rings is 2. The summed E-state index contributed by atoms with van der Waals surface area (Å²) in [5, 5.41) is 2.45. The molecule has 0 heterocycles. The van der Waals surface area contributed by atoms with Crippen molar-refractivity contribution < 1.29 is 0 Å². The van der Waals surface area contributed by atoms with E-state index in [2.05, 4.69) is 46.9 Å². The number of fused-ring (bicyclic) bond motifs is 1. The largest absolute Gasteiger partial charge is 0.0616 e. The van der Waals surface area contributed by atoms with Gasteiger partial charge < -0.3 is 0 Å². The molecule has 2 aromatic carbocycles. The van der Waals surface area contributed by atoms with Crippen LogP contribution in [0.5, 0.6) is 0 Å². The average Bonchev–Trinajstić information content (AvgIpc) is 2.04. The molecule has 0 saturated carbocycles. The van der Waals surface area contributed by atoms with E-state index in [0.717, 1.165) is 0 Å². The minimum absolute atomic E-state index is 1.19. The number of hydrogen-bond donors (Lipinski definition) is 0. The fourth-order valence-corrected chi connectivity index (χ4v) is 1.58. The van der Waals surface area contributed by atoms with Gasteiger partial charge in [-0.25, -0.2) is 0 Å². The van der Waals surface area contributed by atoms with Gasteiger partial charge in [-0.2, -0.15) is 0 Å². The first kappa shape index (κ1) is 7.10. The van der Waals surface area contributed by atoms with Crippen LogP contribution >= 0.6 is 22.6 Å². The molecule has 0 aromatic heterocycles. The smallest absolute Gasteiger partial charge is 0.0142 e. The number of rotatable bonds is 0. The minimum Gasteiger partial charge on any atom is -0.0616 e. The summed E-state index contributed by atoms with van der Waals surface area (Å²) in [5.74, 6) is 0. The van der Waals surface area contributed by atoms with Crippen molar-refractivity contribution in [1.29, 1.82) is 0 Å². The lowest BCUT2D eigenvalue weighted by molar-refractivity contribution is 1.69. The molecule has 0 N–H and O–H groups in total. The highest BCUT2D eigenvalue weighted by Crippen LogP contribution is 2.15. The molecule has 11 heavy (non-hydrogen) atoms. The molecule has 0 spiro atoms. The molecule has 0 fully saturated rings. The molecular weight excluding hydrogens is 247 g/mol. The predicted octanol–water partition coefficient (Wildman–Crippen LogP) is 3.24. The van der Waals surface area contributed by atoms with E-state index in [1.54, 1.807) is 0 Å². The summed E-state index contributed by atoms with van der Waals surface area (Å²) >= 11 is 2.30.